The number of aryl methyl sites for hydroxylation is 1. The molecule has 2 bridgehead atoms. The molecule has 34 heteroatoms. The van der Waals surface area contributed by atoms with Crippen LogP contribution in [0.25, 0.3) is 44.5 Å². The van der Waals surface area contributed by atoms with Crippen molar-refractivity contribution in [2.75, 3.05) is 117 Å². The summed E-state index contributed by atoms with van der Waals surface area (Å²) in [6, 6.07) is 12.6. The first-order valence-corrected chi connectivity index (χ1v) is 45.3. The average Bonchev–Trinajstić information content (AvgIpc) is 1.56. The molecule has 0 spiro atoms. The van der Waals surface area contributed by atoms with E-state index in [-0.39, 0.29) is 79.9 Å². The van der Waals surface area contributed by atoms with E-state index in [1.54, 1.807) is 51.8 Å². The third-order valence-electron chi connectivity index (χ3n) is 25.5. The van der Waals surface area contributed by atoms with Crippen molar-refractivity contribution in [3.63, 3.8) is 0 Å². The summed E-state index contributed by atoms with van der Waals surface area (Å²) in [5, 5.41) is 41.1. The molecule has 5 aromatic heterocycles. The number of hydrogen-bond donors (Lipinski definition) is 5. The molecular weight excluding hydrogens is 1640 g/mol. The smallest absolute Gasteiger partial charge is 0.329 e. The fourth-order valence-corrected chi connectivity index (χ4v) is 17.9. The molecule has 9 heterocycles. The number of piperidine rings is 1. The number of amides is 2. The summed E-state index contributed by atoms with van der Waals surface area (Å²) in [5.41, 5.74) is 20.2. The number of nitrogens with zero attached hydrogens (tertiary/aromatic N) is 13. The monoisotopic (exact) mass is 1770 g/mol. The van der Waals surface area contributed by atoms with E-state index < -0.39 is 83.7 Å². The maximum atomic E-state index is 14.9. The van der Waals surface area contributed by atoms with Crippen molar-refractivity contribution in [2.45, 2.75) is 226 Å². The number of aliphatic hydroxyl groups is 2. The molecular formula is C94H130N16O18. The van der Waals surface area contributed by atoms with Gasteiger partial charge in [0, 0.05) is 140 Å². The number of nitrogens with two attached hydrogens (primary N) is 2. The number of ketones is 3. The number of piperazine rings is 1. The summed E-state index contributed by atoms with van der Waals surface area (Å²) >= 11 is 0. The molecule has 34 nitrogen and oxygen atoms in total. The number of ether oxygens (including phenoxy) is 9. The van der Waals surface area contributed by atoms with Crippen molar-refractivity contribution in [3.8, 4) is 22.4 Å². The zero-order chi connectivity index (χ0) is 91.0. The molecule has 3 saturated heterocycles. The number of carbonyl (C=O) groups is 6. The molecule has 2 aromatic carbocycles. The largest absolute Gasteiger partial charge is 0.460 e. The van der Waals surface area contributed by atoms with Crippen molar-refractivity contribution in [3.05, 3.63) is 126 Å². The lowest BCUT2D eigenvalue weighted by Crippen LogP contribution is -2.61. The van der Waals surface area contributed by atoms with Gasteiger partial charge in [-0.2, -0.15) is 10.1 Å². The molecule has 1 saturated carbocycles. The highest BCUT2D eigenvalue weighted by atomic mass is 16.6. The molecule has 0 radical (unpaired) electrons. The number of oxazole rings is 1. The van der Waals surface area contributed by atoms with Gasteiger partial charge in [-0.3, -0.25) is 28.9 Å². The normalized spacial score (nSPS) is 27.2. The minimum Gasteiger partial charge on any atom is -0.460 e. The van der Waals surface area contributed by atoms with Crippen LogP contribution in [0.15, 0.2) is 119 Å². The first kappa shape index (κ1) is 97.1. The molecule has 2 amide bonds. The SMILES string of the molecule is CO[C@H]1C[C@@H]2CC[C@@H](C)[C@@](O)(O2)C(=O)C(=O)N2CCCC[C@H]2C(=O)OC([C@H](C)C[C@@H]2CC[C@@H](OCc3cccc(-c4cnc(N5CCN(Cc6cn(CCOCCOCCOCCC(=O)NCCCCn7nc(-c8ccc9oc(N)nc9c8)c8c(N)ncnc87)nn6)CC5)nc4)c3)[C@H](OC)C2)CC(=O)[C@H](C)/C=C(\C)[C@@H](O)[C@@H](OC)C(=O)[C@H](C)C[C@H](C)/C=C/C=C/C=C/1C. The van der Waals surface area contributed by atoms with Crippen molar-refractivity contribution in [1.82, 2.24) is 64.8 Å². The lowest BCUT2D eigenvalue weighted by Gasteiger charge is -2.42. The van der Waals surface area contributed by atoms with E-state index in [0.29, 0.717) is 169 Å². The molecule has 12 rings (SSSR count). The number of allylic oxidation sites excluding steroid dienone is 6. The fraction of sp³-hybridized carbons (Fsp3) is 0.596. The van der Waals surface area contributed by atoms with Gasteiger partial charge in [0.25, 0.3) is 17.7 Å². The summed E-state index contributed by atoms with van der Waals surface area (Å²) in [4.78, 5) is 113. The standard InChI is InChI=1S/C94H130N16O18/c1-59-19-12-11-13-20-60(2)78(119-8)51-72-27-24-65(7)94(118,128-72)87(115)90(116)109-32-16-14-23-74(109)91(117)126-79(52-75(111)61(3)46-64(6)85(114)86(121-10)84(113)63(5)45-59)62(4)47-66-25-28-77(80(49-66)120-9)125-57-67-21-18-22-68(48-67)70-53-98-93(99-54-70)107-36-34-106(35-37-107)55-71-56-108(105-103-71)38-40-123-42-44-124-43-41-122-39-30-81(112)97-31-15-17-33-110-89-82(88(95)100-58-101-89)83(104-110)69-26-29-76-73(50-69)102-92(96)127-76/h11-13,18-22,26,29,46,48,50,53-54,56,58-59,61-63,65-66,72,74,77-80,85-86,114,118H,14-17,23-25,27-28,30-45,47,49,51-52,55,57H2,1-10H3,(H2,96,102)(H,97,112)(H2,95,100,101)/b13-11+,19-12+,60-20+,64-46+/t59-,61-,62-,63-,65-,66+,72+,74+,77-,78+,79?,80-,85-,86+,94-/m1/s1. The summed E-state index contributed by atoms with van der Waals surface area (Å²) in [6.07, 6.45) is 20.2. The number of carbonyl (C=O) groups excluding carboxylic acids is 6. The number of cyclic esters (lactones) is 1. The number of nitrogens with one attached hydrogen (secondary N) is 1. The summed E-state index contributed by atoms with van der Waals surface area (Å²) in [7, 11) is 4.65. The van der Waals surface area contributed by atoms with Crippen LogP contribution in [-0.4, -0.2) is 260 Å². The molecule has 1 unspecified atom stereocenters. The highest BCUT2D eigenvalue weighted by molar-refractivity contribution is 6.39. The number of methoxy groups -OCH3 is 3. The Bertz CT molecular complexity index is 4970. The van der Waals surface area contributed by atoms with Gasteiger partial charge in [-0.15, -0.1) is 5.10 Å². The highest BCUT2D eigenvalue weighted by Crippen LogP contribution is 2.40. The van der Waals surface area contributed by atoms with Crippen LogP contribution in [0.3, 0.4) is 0 Å². The van der Waals surface area contributed by atoms with Gasteiger partial charge < -0.3 is 83.8 Å². The summed E-state index contributed by atoms with van der Waals surface area (Å²) in [5.74, 6) is -7.40. The lowest BCUT2D eigenvalue weighted by molar-refractivity contribution is -0.265. The quantitative estimate of drug-likeness (QED) is 0.0117. The van der Waals surface area contributed by atoms with Crippen LogP contribution in [0.4, 0.5) is 17.8 Å². The number of rotatable bonds is 31. The Balaban J connectivity index is 0.557. The van der Waals surface area contributed by atoms with Crippen LogP contribution in [0, 0.1) is 35.5 Å². The Morgan fingerprint density at radius 1 is 0.766 bits per heavy atom. The highest BCUT2D eigenvalue weighted by Gasteiger charge is 2.53. The van der Waals surface area contributed by atoms with E-state index in [9.17, 15) is 39.0 Å². The Morgan fingerprint density at radius 2 is 1.54 bits per heavy atom. The van der Waals surface area contributed by atoms with E-state index in [0.717, 1.165) is 79.0 Å². The number of benzene rings is 2. The van der Waals surface area contributed by atoms with Gasteiger partial charge in [0.1, 0.15) is 53.5 Å². The first-order chi connectivity index (χ1) is 61.8. The Morgan fingerprint density at radius 3 is 2.30 bits per heavy atom. The third-order valence-corrected chi connectivity index (χ3v) is 25.5. The van der Waals surface area contributed by atoms with Crippen molar-refractivity contribution >= 4 is 75.0 Å². The molecule has 4 aliphatic heterocycles. The van der Waals surface area contributed by atoms with Crippen LogP contribution < -0.4 is 21.7 Å². The Kier molecular flexibility index (Phi) is 35.7. The lowest BCUT2D eigenvalue weighted by atomic mass is 9.78. The zero-order valence-electron chi connectivity index (χ0n) is 75.7. The van der Waals surface area contributed by atoms with Gasteiger partial charge in [-0.1, -0.05) is 94.5 Å². The molecule has 4 fully saturated rings. The van der Waals surface area contributed by atoms with Gasteiger partial charge >= 0.3 is 5.97 Å². The van der Waals surface area contributed by atoms with E-state index in [1.807, 2.05) is 112 Å². The first-order valence-electron chi connectivity index (χ1n) is 45.3. The van der Waals surface area contributed by atoms with Gasteiger partial charge in [0.15, 0.2) is 17.0 Å². The predicted octanol–water partition coefficient (Wildman–Crippen LogP) is 9.92. The second kappa shape index (κ2) is 47.0. The van der Waals surface area contributed by atoms with Crippen molar-refractivity contribution in [2.24, 2.45) is 35.5 Å². The van der Waals surface area contributed by atoms with Crippen LogP contribution in [0.2, 0.25) is 0 Å². The maximum absolute atomic E-state index is 14.9. The van der Waals surface area contributed by atoms with E-state index in [2.05, 4.69) is 46.4 Å². The molecule has 128 heavy (non-hydrogen) atoms. The number of aliphatic hydroxyl groups excluding tert-OH is 1. The predicted molar refractivity (Wildman–Crippen MR) is 479 cm³/mol. The zero-order valence-corrected chi connectivity index (χ0v) is 75.7. The number of Topliss-reactive ketones (excluding diaryl/α,β-unsaturated/α-hetero) is 3. The fourth-order valence-electron chi connectivity index (χ4n) is 17.9. The molecule has 7 aromatic rings. The molecule has 15 atom stereocenters. The topological polar surface area (TPSA) is 426 Å². The summed E-state index contributed by atoms with van der Waals surface area (Å²) < 4.78 is 63.3. The van der Waals surface area contributed by atoms with Crippen LogP contribution in [0.1, 0.15) is 156 Å². The minimum atomic E-state index is -2.47. The second-order valence-corrected chi connectivity index (χ2v) is 35.0. The molecule has 694 valence electrons. The third kappa shape index (κ3) is 26.0. The second-order valence-electron chi connectivity index (χ2n) is 35.0. The molecule has 5 aliphatic rings. The number of fused-ring (bicyclic) bond motifs is 5. The maximum Gasteiger partial charge on any atom is 0.329 e. The van der Waals surface area contributed by atoms with Gasteiger partial charge in [0.05, 0.1) is 88.3 Å². The van der Waals surface area contributed by atoms with Crippen molar-refractivity contribution < 1.29 is 86.0 Å². The van der Waals surface area contributed by atoms with Gasteiger partial charge in [-0.05, 0) is 155 Å². The van der Waals surface area contributed by atoms with Crippen LogP contribution >= 0.6 is 0 Å². The van der Waals surface area contributed by atoms with E-state index in [4.69, 9.17) is 73.6 Å². The number of nitrogen functional groups attached to an aromatic ring is 2. The molecule has 1 aliphatic carbocycles. The number of unbranched alkanes of at least 4 members (excludes halogenated alkanes) is 1. The molecule has 7 N–H and O–H groups in total. The van der Waals surface area contributed by atoms with Gasteiger partial charge in [-0.25, -0.2) is 34.1 Å². The Labute approximate surface area is 748 Å². The van der Waals surface area contributed by atoms with Crippen LogP contribution in [0.5, 0.6) is 0 Å². The average molecular weight is 1770 g/mol. The number of aromatic nitrogens is 10. The van der Waals surface area contributed by atoms with E-state index in [1.165, 1.54) is 18.3 Å². The number of hydrogen-bond acceptors (Lipinski definition) is 30. The minimum absolute atomic E-state index is 0.00979. The van der Waals surface area contributed by atoms with E-state index >= 15 is 0 Å². The number of esters is 1. The Hall–Kier alpha value is -9.98. The summed E-state index contributed by atoms with van der Waals surface area (Å²) in [6.45, 7) is 20.8. The van der Waals surface area contributed by atoms with Crippen LogP contribution in [-0.2, 0) is 97.6 Å². The number of anilines is 3. The van der Waals surface area contributed by atoms with Gasteiger partial charge in [0.2, 0.25) is 17.6 Å². The van der Waals surface area contributed by atoms with Crippen molar-refractivity contribution in [1.29, 1.82) is 0 Å².